The average Bonchev–Trinajstić information content (AvgIpc) is 2.53. The van der Waals surface area contributed by atoms with Gasteiger partial charge in [-0.05, 0) is 36.4 Å². The van der Waals surface area contributed by atoms with Crippen LogP contribution in [0.3, 0.4) is 0 Å². The molecule has 0 aliphatic rings. The number of carbonyl (C=O) groups is 1. The Morgan fingerprint density at radius 2 is 1.77 bits per heavy atom. The van der Waals surface area contributed by atoms with Gasteiger partial charge in [-0.15, -0.1) is 5.11 Å². The smallest absolute Gasteiger partial charge is 0.297 e. The van der Waals surface area contributed by atoms with Crippen LogP contribution in [0.25, 0.3) is 0 Å². The molecule has 0 fully saturated rings. The Balaban J connectivity index is 2.29. The normalized spacial score (nSPS) is 10.6. The van der Waals surface area contributed by atoms with Crippen LogP contribution in [0.1, 0.15) is 10.4 Å². The second-order valence-electron chi connectivity index (χ2n) is 4.73. The molecular formula is C15H14N4O3. The number of benzene rings is 2. The number of carbonyl (C=O) groups excluding carboxylic acids is 1. The van der Waals surface area contributed by atoms with Crippen molar-refractivity contribution in [3.05, 3.63) is 58.1 Å². The van der Waals surface area contributed by atoms with E-state index in [0.717, 1.165) is 5.69 Å². The number of hydrogen-bond donors (Lipinski definition) is 0. The Kier molecular flexibility index (Phi) is 4.57. The minimum atomic E-state index is -0.587. The lowest BCUT2D eigenvalue weighted by molar-refractivity contribution is -0.384. The summed E-state index contributed by atoms with van der Waals surface area (Å²) in [7, 11) is 3.85. The van der Waals surface area contributed by atoms with Gasteiger partial charge >= 0.3 is 0 Å². The molecule has 0 heterocycles. The first-order chi connectivity index (χ1) is 10.5. The van der Waals surface area contributed by atoms with Crippen LogP contribution < -0.4 is 4.90 Å². The van der Waals surface area contributed by atoms with E-state index in [1.54, 1.807) is 12.1 Å². The Morgan fingerprint density at radius 3 is 2.32 bits per heavy atom. The summed E-state index contributed by atoms with van der Waals surface area (Å²) in [6, 6.07) is 11.3. The molecule has 7 heteroatoms. The standard InChI is InChI=1S/C15H14N4O3/c1-18(2)13-6-4-12(5-7-13)16-17-14-8-3-11(10-20)9-15(14)19(21)22/h3-10H,1-2H3/b17-16+. The van der Waals surface area contributed by atoms with Crippen LogP contribution in [0, 0.1) is 10.1 Å². The minimum absolute atomic E-state index is 0.104. The molecule has 0 radical (unpaired) electrons. The zero-order valence-electron chi connectivity index (χ0n) is 12.1. The second kappa shape index (κ2) is 6.57. The Hall–Kier alpha value is -3.09. The van der Waals surface area contributed by atoms with Gasteiger partial charge in [0.25, 0.3) is 5.69 Å². The second-order valence-corrected chi connectivity index (χ2v) is 4.73. The largest absolute Gasteiger partial charge is 0.378 e. The predicted octanol–water partition coefficient (Wildman–Crippen LogP) is 3.89. The first kappa shape index (κ1) is 15.3. The molecule has 2 aromatic rings. The van der Waals surface area contributed by atoms with Crippen LogP contribution in [-0.4, -0.2) is 25.3 Å². The van der Waals surface area contributed by atoms with E-state index < -0.39 is 4.92 Å². The molecule has 0 bridgehead atoms. The molecule has 0 spiro atoms. The van der Waals surface area contributed by atoms with Gasteiger partial charge in [-0.3, -0.25) is 14.9 Å². The van der Waals surface area contributed by atoms with Crippen molar-refractivity contribution < 1.29 is 9.72 Å². The van der Waals surface area contributed by atoms with Gasteiger partial charge in [-0.1, -0.05) is 0 Å². The summed E-state index contributed by atoms with van der Waals surface area (Å²) in [5, 5.41) is 18.9. The average molecular weight is 298 g/mol. The van der Waals surface area contributed by atoms with Crippen molar-refractivity contribution in [2.24, 2.45) is 10.2 Å². The molecule has 0 aromatic heterocycles. The maximum Gasteiger partial charge on any atom is 0.297 e. The maximum atomic E-state index is 11.0. The van der Waals surface area contributed by atoms with E-state index >= 15 is 0 Å². The molecule has 0 aliphatic carbocycles. The minimum Gasteiger partial charge on any atom is -0.378 e. The number of anilines is 1. The van der Waals surface area contributed by atoms with Gasteiger partial charge in [-0.25, -0.2) is 0 Å². The molecule has 7 nitrogen and oxygen atoms in total. The summed E-state index contributed by atoms with van der Waals surface area (Å²) in [6.45, 7) is 0. The van der Waals surface area contributed by atoms with Crippen molar-refractivity contribution in [3.8, 4) is 0 Å². The Morgan fingerprint density at radius 1 is 1.09 bits per heavy atom. The Labute approximate surface area is 127 Å². The molecule has 112 valence electrons. The molecule has 0 N–H and O–H groups in total. The summed E-state index contributed by atoms with van der Waals surface area (Å²) in [5.74, 6) is 0. The van der Waals surface area contributed by atoms with E-state index in [1.807, 2.05) is 31.1 Å². The van der Waals surface area contributed by atoms with Gasteiger partial charge in [0.2, 0.25) is 0 Å². The molecule has 2 rings (SSSR count). The molecule has 0 saturated heterocycles. The summed E-state index contributed by atoms with van der Waals surface area (Å²) in [5.41, 5.74) is 1.67. The van der Waals surface area contributed by atoms with Gasteiger partial charge in [-0.2, -0.15) is 5.11 Å². The number of nitrogens with zero attached hydrogens (tertiary/aromatic N) is 4. The van der Waals surface area contributed by atoms with Crippen LogP contribution in [0.4, 0.5) is 22.7 Å². The van der Waals surface area contributed by atoms with Crippen molar-refractivity contribution in [1.29, 1.82) is 0 Å². The topological polar surface area (TPSA) is 88.2 Å². The third-order valence-electron chi connectivity index (χ3n) is 2.97. The van der Waals surface area contributed by atoms with Crippen molar-refractivity contribution in [3.63, 3.8) is 0 Å². The third-order valence-corrected chi connectivity index (χ3v) is 2.97. The van der Waals surface area contributed by atoms with Crippen molar-refractivity contribution in [1.82, 2.24) is 0 Å². The van der Waals surface area contributed by atoms with Gasteiger partial charge in [0.1, 0.15) is 6.29 Å². The lowest BCUT2D eigenvalue weighted by Gasteiger charge is -2.11. The first-order valence-electron chi connectivity index (χ1n) is 6.44. The zero-order chi connectivity index (χ0) is 16.1. The number of hydrogen-bond acceptors (Lipinski definition) is 6. The van der Waals surface area contributed by atoms with Crippen LogP contribution >= 0.6 is 0 Å². The molecule has 0 amide bonds. The van der Waals surface area contributed by atoms with Crippen LogP contribution in [0.15, 0.2) is 52.7 Å². The number of rotatable bonds is 5. The maximum absolute atomic E-state index is 11.0. The van der Waals surface area contributed by atoms with Crippen LogP contribution in [0.2, 0.25) is 0 Å². The van der Waals surface area contributed by atoms with E-state index in [-0.39, 0.29) is 16.9 Å². The molecular weight excluding hydrogens is 284 g/mol. The highest BCUT2D eigenvalue weighted by atomic mass is 16.6. The highest BCUT2D eigenvalue weighted by Gasteiger charge is 2.14. The van der Waals surface area contributed by atoms with Crippen LogP contribution in [0.5, 0.6) is 0 Å². The number of azo groups is 1. The SMILES string of the molecule is CN(C)c1ccc(/N=N/c2ccc(C=O)cc2[N+](=O)[O-])cc1. The zero-order valence-corrected chi connectivity index (χ0v) is 12.1. The van der Waals surface area contributed by atoms with Gasteiger partial charge in [0.15, 0.2) is 5.69 Å². The first-order valence-corrected chi connectivity index (χ1v) is 6.44. The molecule has 2 aromatic carbocycles. The molecule has 0 saturated carbocycles. The summed E-state index contributed by atoms with van der Waals surface area (Å²) in [4.78, 5) is 23.0. The van der Waals surface area contributed by atoms with E-state index in [1.165, 1.54) is 18.2 Å². The monoisotopic (exact) mass is 298 g/mol. The van der Waals surface area contributed by atoms with E-state index in [2.05, 4.69) is 10.2 Å². The Bertz CT molecular complexity index is 724. The molecule has 0 aliphatic heterocycles. The predicted molar refractivity (Wildman–Crippen MR) is 83.4 cm³/mol. The molecule has 0 atom stereocenters. The summed E-state index contributed by atoms with van der Waals surface area (Å²) < 4.78 is 0. The highest BCUT2D eigenvalue weighted by Crippen LogP contribution is 2.30. The quantitative estimate of drug-likeness (QED) is 0.362. The van der Waals surface area contributed by atoms with Crippen molar-refractivity contribution in [2.45, 2.75) is 0 Å². The molecule has 22 heavy (non-hydrogen) atoms. The number of nitro benzene ring substituents is 1. The van der Waals surface area contributed by atoms with Crippen LogP contribution in [-0.2, 0) is 0 Å². The van der Waals surface area contributed by atoms with E-state index in [4.69, 9.17) is 0 Å². The summed E-state index contributed by atoms with van der Waals surface area (Å²) in [6.07, 6.45) is 0.549. The van der Waals surface area contributed by atoms with Crippen molar-refractivity contribution >= 4 is 29.0 Å². The molecule has 0 unspecified atom stereocenters. The number of aldehydes is 1. The highest BCUT2D eigenvalue weighted by molar-refractivity contribution is 5.78. The fourth-order valence-corrected chi connectivity index (χ4v) is 1.77. The van der Waals surface area contributed by atoms with Gasteiger partial charge in [0, 0.05) is 31.4 Å². The summed E-state index contributed by atoms with van der Waals surface area (Å²) >= 11 is 0. The van der Waals surface area contributed by atoms with Gasteiger partial charge in [0.05, 0.1) is 10.6 Å². The van der Waals surface area contributed by atoms with E-state index in [0.29, 0.717) is 12.0 Å². The number of nitro groups is 1. The fourth-order valence-electron chi connectivity index (χ4n) is 1.77. The van der Waals surface area contributed by atoms with Crippen molar-refractivity contribution in [2.75, 3.05) is 19.0 Å². The van der Waals surface area contributed by atoms with Gasteiger partial charge < -0.3 is 4.90 Å². The fraction of sp³-hybridized carbons (Fsp3) is 0.133. The third kappa shape index (κ3) is 3.51. The van der Waals surface area contributed by atoms with E-state index in [9.17, 15) is 14.9 Å². The lowest BCUT2D eigenvalue weighted by atomic mass is 10.2. The lowest BCUT2D eigenvalue weighted by Crippen LogP contribution is -2.07.